The Morgan fingerprint density at radius 2 is 1.09 bits per heavy atom. The van der Waals surface area contributed by atoms with Gasteiger partial charge in [0, 0.05) is 12.1 Å². The fourth-order valence-corrected chi connectivity index (χ4v) is 8.87. The van der Waals surface area contributed by atoms with E-state index in [1.807, 2.05) is 0 Å². The van der Waals surface area contributed by atoms with E-state index in [0.29, 0.717) is 47.5 Å². The van der Waals surface area contributed by atoms with Crippen molar-refractivity contribution in [1.82, 2.24) is 0 Å². The number of fused-ring (bicyclic) bond motifs is 1. The van der Waals surface area contributed by atoms with E-state index in [9.17, 15) is 99.9 Å². The number of aromatic hydroxyl groups is 2. The smallest absolute Gasteiger partial charge is 0.355 e. The van der Waals surface area contributed by atoms with Gasteiger partial charge in [-0.15, -0.1) is 20.5 Å². The molecule has 0 aromatic heterocycles. The first-order valence-corrected chi connectivity index (χ1v) is 24.3. The lowest BCUT2D eigenvalue weighted by molar-refractivity contribution is -0.385. The number of nitro benzene ring substituents is 1. The number of phenolic OH excluding ortho intramolecular Hbond substituents is 2. The summed E-state index contributed by atoms with van der Waals surface area (Å²) in [7, 11) is -26.6. The average molecular weight is 1040 g/mol. The third kappa shape index (κ3) is 10.2. The molecule has 0 fully saturated rings. The van der Waals surface area contributed by atoms with Gasteiger partial charge in [-0.2, -0.15) is 62.4 Å². The van der Waals surface area contributed by atoms with E-state index in [0.717, 1.165) is 30.3 Å². The van der Waals surface area contributed by atoms with Crippen LogP contribution < -0.4 is 5.01 Å². The Balaban J connectivity index is 1.44. The average Bonchev–Trinajstić information content (AvgIpc) is 3.56. The highest BCUT2D eigenvalue weighted by molar-refractivity contribution is 7.87. The number of amides is 1. The van der Waals surface area contributed by atoms with Crippen molar-refractivity contribution in [3.8, 4) is 11.5 Å². The number of aliphatic carboxylic acids is 1. The van der Waals surface area contributed by atoms with Crippen LogP contribution in [0.4, 0.5) is 39.8 Å². The molecule has 31 nitrogen and oxygen atoms in total. The van der Waals surface area contributed by atoms with Crippen LogP contribution in [0, 0.1) is 10.1 Å². The van der Waals surface area contributed by atoms with Crippen molar-refractivity contribution in [3.63, 3.8) is 0 Å². The van der Waals surface area contributed by atoms with Gasteiger partial charge in [0.15, 0.2) is 17.2 Å². The highest BCUT2D eigenvalue weighted by Crippen LogP contribution is 2.50. The van der Waals surface area contributed by atoms with Gasteiger partial charge >= 0.3 is 5.97 Å². The summed E-state index contributed by atoms with van der Waals surface area (Å²) in [5, 5.41) is 66.6. The number of nitro groups is 1. The highest BCUT2D eigenvalue weighted by atomic mass is 32.2. The van der Waals surface area contributed by atoms with Crippen LogP contribution in [0.1, 0.15) is 0 Å². The minimum absolute atomic E-state index is 0.197. The standard InChI is InChI=1S/C32H21N9O22S5/c42-29-24-13(10-23(68(61,62)63)26(30(24)43)37-35-19-8-4-16(41(47)48)12-21(19)66(55,56)57)9-22(67(58,59)60)25(29)36-34-18-7-1-14(11-20(18)65(52,53)54)33-38-27-28(32(45)46)39-40(31(27)44)15-2-5-17(6-3-15)64(49,50)51/h1-12,27,42-43H,(H,45,46)(H,49,50,51)(H,52,53,54)(H,55,56,57)(H,58,59,60)(H,61,62,63). The van der Waals surface area contributed by atoms with E-state index in [1.165, 1.54) is 0 Å². The lowest BCUT2D eigenvalue weighted by atomic mass is 10.1. The summed E-state index contributed by atoms with van der Waals surface area (Å²) in [6, 6.07) is 6.03. The molecule has 5 aromatic carbocycles. The van der Waals surface area contributed by atoms with Gasteiger partial charge in [-0.1, -0.05) is 0 Å². The largest absolute Gasteiger partial charge is 0.505 e. The fourth-order valence-electron chi connectivity index (χ4n) is 5.79. The van der Waals surface area contributed by atoms with Gasteiger partial charge < -0.3 is 15.3 Å². The first kappa shape index (κ1) is 49.7. The number of hydrazone groups is 1. The third-order valence-corrected chi connectivity index (χ3v) is 13.1. The van der Waals surface area contributed by atoms with Gasteiger partial charge in [-0.3, -0.25) is 37.7 Å². The zero-order chi connectivity index (χ0) is 50.6. The molecule has 6 rings (SSSR count). The molecule has 0 saturated carbocycles. The van der Waals surface area contributed by atoms with Crippen molar-refractivity contribution in [1.29, 1.82) is 0 Å². The number of anilines is 1. The summed E-state index contributed by atoms with van der Waals surface area (Å²) in [5.74, 6) is -6.02. The van der Waals surface area contributed by atoms with E-state index in [2.05, 4.69) is 35.8 Å². The van der Waals surface area contributed by atoms with E-state index in [4.69, 9.17) is 0 Å². The van der Waals surface area contributed by atoms with E-state index < -0.39 is 160 Å². The van der Waals surface area contributed by atoms with Crippen LogP contribution in [0.5, 0.6) is 11.5 Å². The lowest BCUT2D eigenvalue weighted by Crippen LogP contribution is -2.33. The number of carboxylic acids is 1. The number of nitrogens with zero attached hydrogens (tertiary/aromatic N) is 9. The summed E-state index contributed by atoms with van der Waals surface area (Å²) >= 11 is 0. The molecule has 1 heterocycles. The molecular weight excluding hydrogens is 1020 g/mol. The molecule has 1 unspecified atom stereocenters. The number of carboxylic acid groups (broad SMARTS) is 1. The molecule has 8 N–H and O–H groups in total. The number of carbonyl (C=O) groups excluding carboxylic acids is 1. The van der Waals surface area contributed by atoms with Crippen molar-refractivity contribution in [3.05, 3.63) is 82.9 Å². The molecule has 0 radical (unpaired) electrons. The molecule has 36 heteroatoms. The topological polar surface area (TPSA) is 500 Å². The minimum Gasteiger partial charge on any atom is -0.505 e. The zero-order valence-electron chi connectivity index (χ0n) is 32.4. The Kier molecular flexibility index (Phi) is 12.8. The summed E-state index contributed by atoms with van der Waals surface area (Å²) in [6.07, 6.45) is 0. The SMILES string of the molecule is O=C(O)C1=NN(c2ccc(S(=O)(=O)O)cc2)C(=O)C1N=Nc1ccc(N=Nc2c(S(=O)(=O)O)cc3cc(S(=O)(=O)O)c(N=Nc4ccc([N+](=O)[O-])cc4S(=O)(=O)O)c(O)c3c2O)c(S(=O)(=O)O)c1. The zero-order valence-corrected chi connectivity index (χ0v) is 36.4. The summed E-state index contributed by atoms with van der Waals surface area (Å²) < 4.78 is 170. The Bertz CT molecular complexity index is 3770. The number of non-ortho nitro benzene ring substituents is 1. The number of benzene rings is 5. The van der Waals surface area contributed by atoms with Crippen LogP contribution in [0.15, 0.2) is 133 Å². The van der Waals surface area contributed by atoms with Gasteiger partial charge in [0.05, 0.1) is 26.6 Å². The van der Waals surface area contributed by atoms with Gasteiger partial charge in [0.1, 0.15) is 42.3 Å². The number of hydrogen-bond acceptors (Lipinski definition) is 23. The second kappa shape index (κ2) is 17.5. The third-order valence-electron chi connectivity index (χ3n) is 8.77. The second-order valence-electron chi connectivity index (χ2n) is 13.1. The van der Waals surface area contributed by atoms with Crippen molar-refractivity contribution in [2.24, 2.45) is 35.8 Å². The Morgan fingerprint density at radius 1 is 0.618 bits per heavy atom. The molecule has 0 saturated heterocycles. The summed E-state index contributed by atoms with van der Waals surface area (Å²) in [5.41, 5.74) is -7.14. The first-order chi connectivity index (χ1) is 31.3. The maximum absolute atomic E-state index is 13.2. The highest BCUT2D eigenvalue weighted by Gasteiger charge is 2.41. The van der Waals surface area contributed by atoms with Crippen LogP contribution in [-0.2, 0) is 60.2 Å². The van der Waals surface area contributed by atoms with Crippen molar-refractivity contribution < 1.29 is 94.7 Å². The van der Waals surface area contributed by atoms with Gasteiger partial charge in [-0.25, -0.2) is 4.79 Å². The number of carbonyl (C=O) groups is 2. The monoisotopic (exact) mass is 1040 g/mol. The van der Waals surface area contributed by atoms with Crippen LogP contribution >= 0.6 is 0 Å². The van der Waals surface area contributed by atoms with Crippen LogP contribution in [0.3, 0.4) is 0 Å². The number of phenols is 2. The van der Waals surface area contributed by atoms with Crippen LogP contribution in [-0.4, -0.2) is 109 Å². The van der Waals surface area contributed by atoms with E-state index >= 15 is 0 Å². The maximum Gasteiger partial charge on any atom is 0.355 e. The molecule has 0 spiro atoms. The van der Waals surface area contributed by atoms with Crippen LogP contribution in [0.2, 0.25) is 0 Å². The maximum atomic E-state index is 13.2. The molecule has 5 aromatic rings. The van der Waals surface area contributed by atoms with Crippen LogP contribution in [0.25, 0.3) is 10.8 Å². The fraction of sp³-hybridized carbons (Fsp3) is 0.0312. The molecule has 1 atom stereocenters. The van der Waals surface area contributed by atoms with Crippen molar-refractivity contribution in [2.45, 2.75) is 30.5 Å². The molecule has 1 aliphatic rings. The summed E-state index contributed by atoms with van der Waals surface area (Å²) in [6.45, 7) is 0. The molecular formula is C32H21N9O22S5. The van der Waals surface area contributed by atoms with Gasteiger partial charge in [0.25, 0.3) is 62.2 Å². The number of azo groups is 3. The first-order valence-electron chi connectivity index (χ1n) is 17.1. The molecule has 68 heavy (non-hydrogen) atoms. The molecule has 1 aliphatic heterocycles. The van der Waals surface area contributed by atoms with Crippen molar-refractivity contribution in [2.75, 3.05) is 5.01 Å². The molecule has 0 bridgehead atoms. The lowest BCUT2D eigenvalue weighted by Gasteiger charge is -2.13. The van der Waals surface area contributed by atoms with E-state index in [-0.39, 0.29) is 5.69 Å². The quantitative estimate of drug-likeness (QED) is 0.0335. The number of rotatable bonds is 14. The molecule has 0 aliphatic carbocycles. The predicted octanol–water partition coefficient (Wildman–Crippen LogP) is 4.16. The Labute approximate surface area is 377 Å². The van der Waals surface area contributed by atoms with Gasteiger partial charge in [-0.05, 0) is 66.0 Å². The normalized spacial score (nSPS) is 15.2. The minimum atomic E-state index is -5.59. The molecule has 356 valence electrons. The predicted molar refractivity (Wildman–Crippen MR) is 222 cm³/mol. The number of hydrogen-bond donors (Lipinski definition) is 8. The Morgan fingerprint density at radius 3 is 1.53 bits per heavy atom. The van der Waals surface area contributed by atoms with Crippen molar-refractivity contribution >= 4 is 119 Å². The molecule has 1 amide bonds. The Hall–Kier alpha value is -7.68. The van der Waals surface area contributed by atoms with E-state index in [1.54, 1.807) is 0 Å². The summed E-state index contributed by atoms with van der Waals surface area (Å²) in [4.78, 5) is 29.3. The second-order valence-corrected chi connectivity index (χ2v) is 20.1. The van der Waals surface area contributed by atoms with Gasteiger partial charge in [0.2, 0.25) is 6.04 Å².